The summed E-state index contributed by atoms with van der Waals surface area (Å²) < 4.78 is 7.37. The van der Waals surface area contributed by atoms with E-state index >= 15 is 0 Å². The smallest absolute Gasteiger partial charge is 0.177 e. The van der Waals surface area contributed by atoms with E-state index in [4.69, 9.17) is 9.84 Å². The Kier molecular flexibility index (Phi) is 5.47. The molecule has 0 saturated carbocycles. The number of aromatic nitrogens is 5. The molecule has 0 spiro atoms. The van der Waals surface area contributed by atoms with E-state index in [1.807, 2.05) is 35.0 Å². The molecule has 152 valence electrons. The van der Waals surface area contributed by atoms with Gasteiger partial charge in [-0.1, -0.05) is 0 Å². The molecule has 2 saturated heterocycles. The number of fused-ring (bicyclic) bond motifs is 1. The van der Waals surface area contributed by atoms with Crippen LogP contribution in [0.25, 0.3) is 16.9 Å². The van der Waals surface area contributed by atoms with Crippen LogP contribution in [0.4, 0.5) is 0 Å². The van der Waals surface area contributed by atoms with Crippen molar-refractivity contribution < 1.29 is 4.74 Å². The van der Waals surface area contributed by atoms with Gasteiger partial charge >= 0.3 is 0 Å². The zero-order valence-corrected chi connectivity index (χ0v) is 16.7. The second-order valence-corrected chi connectivity index (χ2v) is 7.86. The maximum absolute atomic E-state index is 5.44. The van der Waals surface area contributed by atoms with Gasteiger partial charge in [-0.05, 0) is 50.2 Å². The van der Waals surface area contributed by atoms with Crippen LogP contribution in [-0.4, -0.2) is 87.1 Å². The molecule has 5 heterocycles. The summed E-state index contributed by atoms with van der Waals surface area (Å²) in [6, 6.07) is 7.93. The maximum Gasteiger partial charge on any atom is 0.177 e. The second kappa shape index (κ2) is 8.52. The molecule has 3 aromatic rings. The Balaban J connectivity index is 1.24. The number of ether oxygens (including phenoxy) is 1. The van der Waals surface area contributed by atoms with Crippen LogP contribution in [0.3, 0.4) is 0 Å². The number of likely N-dealkylation sites (tertiary alicyclic amines) is 1. The molecule has 0 aliphatic carbocycles. The summed E-state index contributed by atoms with van der Waals surface area (Å²) in [7, 11) is 0. The molecule has 0 radical (unpaired) electrons. The van der Waals surface area contributed by atoms with Crippen LogP contribution < -0.4 is 0 Å². The first-order valence-corrected chi connectivity index (χ1v) is 10.5. The van der Waals surface area contributed by atoms with Crippen molar-refractivity contribution >= 4 is 5.65 Å². The SMILES string of the molecule is c1cncc(-c2ccc3nnc(C4CCN(CCN5CCOCC5)CC4)n3n2)c1. The predicted molar refractivity (Wildman–Crippen MR) is 110 cm³/mol. The van der Waals surface area contributed by atoms with Gasteiger partial charge in [-0.25, -0.2) is 0 Å². The lowest BCUT2D eigenvalue weighted by molar-refractivity contribution is 0.0320. The predicted octanol–water partition coefficient (Wildman–Crippen LogP) is 1.70. The quantitative estimate of drug-likeness (QED) is 0.653. The first kappa shape index (κ1) is 18.6. The summed E-state index contributed by atoms with van der Waals surface area (Å²) in [5.74, 6) is 1.39. The maximum atomic E-state index is 5.44. The molecule has 0 N–H and O–H groups in total. The monoisotopic (exact) mass is 393 g/mol. The standard InChI is InChI=1S/C21H27N7O/c1-2-18(16-22-7-1)19-3-4-20-23-24-21(28(20)25-19)17-5-8-26(9-6-17)10-11-27-12-14-29-15-13-27/h1-4,7,16-17H,5-6,8-15H2. The number of nitrogens with zero attached hydrogens (tertiary/aromatic N) is 7. The van der Waals surface area contributed by atoms with Gasteiger partial charge in [-0.2, -0.15) is 9.61 Å². The van der Waals surface area contributed by atoms with Crippen LogP contribution in [-0.2, 0) is 4.74 Å². The highest BCUT2D eigenvalue weighted by Gasteiger charge is 2.25. The van der Waals surface area contributed by atoms with Gasteiger partial charge < -0.3 is 9.64 Å². The third kappa shape index (κ3) is 4.14. The molecule has 0 bridgehead atoms. The van der Waals surface area contributed by atoms with Crippen LogP contribution in [0.2, 0.25) is 0 Å². The van der Waals surface area contributed by atoms with Gasteiger partial charge in [0.2, 0.25) is 0 Å². The van der Waals surface area contributed by atoms with E-state index in [-0.39, 0.29) is 0 Å². The molecular formula is C21H27N7O. The Bertz CT molecular complexity index is 931. The molecule has 8 heteroatoms. The van der Waals surface area contributed by atoms with E-state index in [0.717, 1.165) is 88.1 Å². The minimum atomic E-state index is 0.404. The molecular weight excluding hydrogens is 366 g/mol. The molecule has 2 aliphatic rings. The van der Waals surface area contributed by atoms with Gasteiger partial charge in [0.15, 0.2) is 11.5 Å². The summed E-state index contributed by atoms with van der Waals surface area (Å²) >= 11 is 0. The fourth-order valence-corrected chi connectivity index (χ4v) is 4.25. The first-order valence-electron chi connectivity index (χ1n) is 10.5. The Hall–Kier alpha value is -2.42. The highest BCUT2D eigenvalue weighted by molar-refractivity contribution is 5.58. The molecule has 8 nitrogen and oxygen atoms in total. The Morgan fingerprint density at radius 3 is 2.48 bits per heavy atom. The van der Waals surface area contributed by atoms with Gasteiger partial charge in [0.05, 0.1) is 18.9 Å². The zero-order valence-electron chi connectivity index (χ0n) is 16.7. The lowest BCUT2D eigenvalue weighted by atomic mass is 9.96. The normalized spacial score (nSPS) is 19.7. The molecule has 0 amide bonds. The number of hydrogen-bond donors (Lipinski definition) is 0. The number of rotatable bonds is 5. The minimum Gasteiger partial charge on any atom is -0.379 e. The molecule has 0 aromatic carbocycles. The van der Waals surface area contributed by atoms with E-state index in [9.17, 15) is 0 Å². The van der Waals surface area contributed by atoms with Crippen molar-refractivity contribution in [1.82, 2.24) is 34.6 Å². The van der Waals surface area contributed by atoms with Gasteiger partial charge in [0, 0.05) is 50.1 Å². The third-order valence-electron chi connectivity index (χ3n) is 6.03. The largest absolute Gasteiger partial charge is 0.379 e. The fraction of sp³-hybridized carbons (Fsp3) is 0.524. The van der Waals surface area contributed by atoms with Crippen LogP contribution in [0.5, 0.6) is 0 Å². The van der Waals surface area contributed by atoms with Gasteiger partial charge in [0.25, 0.3) is 0 Å². The Morgan fingerprint density at radius 1 is 0.931 bits per heavy atom. The highest BCUT2D eigenvalue weighted by atomic mass is 16.5. The summed E-state index contributed by atoms with van der Waals surface area (Å²) in [5.41, 5.74) is 2.71. The summed E-state index contributed by atoms with van der Waals surface area (Å²) in [6.45, 7) is 8.35. The van der Waals surface area contributed by atoms with E-state index in [1.165, 1.54) is 0 Å². The van der Waals surface area contributed by atoms with Gasteiger partial charge in [-0.15, -0.1) is 10.2 Å². The first-order chi connectivity index (χ1) is 14.4. The van der Waals surface area contributed by atoms with Crippen molar-refractivity contribution in [2.24, 2.45) is 0 Å². The number of piperidine rings is 1. The Morgan fingerprint density at radius 2 is 1.72 bits per heavy atom. The average Bonchev–Trinajstić information content (AvgIpc) is 3.23. The van der Waals surface area contributed by atoms with Crippen molar-refractivity contribution in [2.75, 3.05) is 52.5 Å². The van der Waals surface area contributed by atoms with Crippen molar-refractivity contribution in [3.8, 4) is 11.3 Å². The van der Waals surface area contributed by atoms with Crippen LogP contribution in [0, 0.1) is 0 Å². The van der Waals surface area contributed by atoms with Crippen molar-refractivity contribution in [1.29, 1.82) is 0 Å². The van der Waals surface area contributed by atoms with E-state index in [2.05, 4.69) is 25.0 Å². The van der Waals surface area contributed by atoms with Gasteiger partial charge in [0.1, 0.15) is 0 Å². The minimum absolute atomic E-state index is 0.404. The van der Waals surface area contributed by atoms with E-state index in [1.54, 1.807) is 6.20 Å². The summed E-state index contributed by atoms with van der Waals surface area (Å²) in [6.07, 6.45) is 5.82. The Labute approximate surface area is 170 Å². The number of pyridine rings is 1. The fourth-order valence-electron chi connectivity index (χ4n) is 4.25. The molecule has 5 rings (SSSR count). The molecule has 29 heavy (non-hydrogen) atoms. The van der Waals surface area contributed by atoms with Crippen molar-refractivity contribution in [2.45, 2.75) is 18.8 Å². The number of hydrogen-bond acceptors (Lipinski definition) is 7. The average molecular weight is 393 g/mol. The van der Waals surface area contributed by atoms with E-state index < -0.39 is 0 Å². The zero-order chi connectivity index (χ0) is 19.5. The van der Waals surface area contributed by atoms with Crippen LogP contribution in [0.1, 0.15) is 24.6 Å². The molecule has 0 atom stereocenters. The van der Waals surface area contributed by atoms with Crippen molar-refractivity contribution in [3.05, 3.63) is 42.5 Å². The summed E-state index contributed by atoms with van der Waals surface area (Å²) in [5, 5.41) is 13.7. The van der Waals surface area contributed by atoms with Crippen LogP contribution >= 0.6 is 0 Å². The highest BCUT2D eigenvalue weighted by Crippen LogP contribution is 2.27. The lowest BCUT2D eigenvalue weighted by Crippen LogP contribution is -2.43. The second-order valence-electron chi connectivity index (χ2n) is 7.86. The third-order valence-corrected chi connectivity index (χ3v) is 6.03. The molecule has 0 unspecified atom stereocenters. The summed E-state index contributed by atoms with van der Waals surface area (Å²) in [4.78, 5) is 9.28. The van der Waals surface area contributed by atoms with Crippen LogP contribution in [0.15, 0.2) is 36.7 Å². The van der Waals surface area contributed by atoms with Crippen molar-refractivity contribution in [3.63, 3.8) is 0 Å². The molecule has 3 aromatic heterocycles. The topological polar surface area (TPSA) is 71.7 Å². The molecule has 2 aliphatic heterocycles. The van der Waals surface area contributed by atoms with E-state index in [0.29, 0.717) is 5.92 Å². The number of morpholine rings is 1. The lowest BCUT2D eigenvalue weighted by Gasteiger charge is -2.33. The molecule has 2 fully saturated rings. The van der Waals surface area contributed by atoms with Gasteiger partial charge in [-0.3, -0.25) is 9.88 Å².